The fraction of sp³-hybridized carbons (Fsp3) is 0.478. The molecule has 2 amide bonds. The Hall–Kier alpha value is -3.20. The van der Waals surface area contributed by atoms with Crippen LogP contribution in [0.1, 0.15) is 48.0 Å². The van der Waals surface area contributed by atoms with E-state index in [4.69, 9.17) is 11.5 Å². The second-order valence-corrected chi connectivity index (χ2v) is 8.77. The summed E-state index contributed by atoms with van der Waals surface area (Å²) in [7, 11) is 0. The van der Waals surface area contributed by atoms with Gasteiger partial charge in [-0.05, 0) is 56.7 Å². The van der Waals surface area contributed by atoms with E-state index in [-0.39, 0.29) is 29.5 Å². The summed E-state index contributed by atoms with van der Waals surface area (Å²) >= 11 is 0. The van der Waals surface area contributed by atoms with Gasteiger partial charge in [0.05, 0.1) is 0 Å². The smallest absolute Gasteiger partial charge is 0.254 e. The standard InChI is InChI=1S/C23H31N7O2/c1-14-5-4-6-16(11-14)27-21-17(20(25)31)13-26-23(29-21)28-19-8-7-15(12-18(19)24)22(32)30-9-2-3-10-30/h4-6,11,13,15,18-19H,2-3,7-10,12,24H2,1H3,(H2,25,31)(H2,26,27,28,29)/t15-,18-,19-/m1/s1. The summed E-state index contributed by atoms with van der Waals surface area (Å²) in [6.45, 7) is 3.71. The summed E-state index contributed by atoms with van der Waals surface area (Å²) in [5.41, 5.74) is 14.0. The molecule has 1 saturated carbocycles. The van der Waals surface area contributed by atoms with Gasteiger partial charge in [-0.2, -0.15) is 4.98 Å². The van der Waals surface area contributed by atoms with E-state index in [0.29, 0.717) is 18.2 Å². The van der Waals surface area contributed by atoms with Crippen LogP contribution in [-0.4, -0.2) is 51.9 Å². The van der Waals surface area contributed by atoms with E-state index in [9.17, 15) is 9.59 Å². The molecule has 3 atom stereocenters. The second kappa shape index (κ2) is 9.52. The monoisotopic (exact) mass is 437 g/mol. The number of amides is 2. The van der Waals surface area contributed by atoms with E-state index in [1.807, 2.05) is 36.1 Å². The predicted molar refractivity (Wildman–Crippen MR) is 124 cm³/mol. The van der Waals surface area contributed by atoms with Crippen LogP contribution in [0, 0.1) is 12.8 Å². The average molecular weight is 438 g/mol. The molecule has 1 aliphatic carbocycles. The lowest BCUT2D eigenvalue weighted by Crippen LogP contribution is -2.48. The van der Waals surface area contributed by atoms with Gasteiger partial charge >= 0.3 is 0 Å². The normalized spacial score (nSPS) is 23.1. The average Bonchev–Trinajstić information content (AvgIpc) is 3.29. The van der Waals surface area contributed by atoms with Gasteiger partial charge in [-0.1, -0.05) is 12.1 Å². The van der Waals surface area contributed by atoms with Crippen molar-refractivity contribution in [2.75, 3.05) is 23.7 Å². The van der Waals surface area contributed by atoms with E-state index < -0.39 is 5.91 Å². The number of nitrogens with two attached hydrogens (primary N) is 2. The van der Waals surface area contributed by atoms with Crippen molar-refractivity contribution >= 4 is 29.3 Å². The summed E-state index contributed by atoms with van der Waals surface area (Å²) in [5.74, 6) is 0.326. The molecule has 9 heteroatoms. The number of primary amides is 1. The maximum atomic E-state index is 12.7. The van der Waals surface area contributed by atoms with E-state index in [1.54, 1.807) is 0 Å². The quantitative estimate of drug-likeness (QED) is 0.543. The van der Waals surface area contributed by atoms with Crippen LogP contribution >= 0.6 is 0 Å². The Morgan fingerprint density at radius 2 is 1.97 bits per heavy atom. The number of aryl methyl sites for hydroxylation is 1. The maximum absolute atomic E-state index is 12.7. The summed E-state index contributed by atoms with van der Waals surface area (Å²) in [6, 6.07) is 7.51. The molecule has 0 spiro atoms. The SMILES string of the molecule is Cc1cccc(Nc2nc(N[C@@H]3CC[C@@H](C(=O)N4CCCC4)C[C@H]3N)ncc2C(N)=O)c1. The highest BCUT2D eigenvalue weighted by Gasteiger charge is 2.35. The Morgan fingerprint density at radius 1 is 1.19 bits per heavy atom. The lowest BCUT2D eigenvalue weighted by Gasteiger charge is -2.35. The largest absolute Gasteiger partial charge is 0.365 e. The molecule has 2 heterocycles. The fourth-order valence-electron chi connectivity index (χ4n) is 4.56. The van der Waals surface area contributed by atoms with E-state index >= 15 is 0 Å². The van der Waals surface area contributed by atoms with Crippen LogP contribution in [0.4, 0.5) is 17.5 Å². The highest BCUT2D eigenvalue weighted by Crippen LogP contribution is 2.29. The maximum Gasteiger partial charge on any atom is 0.254 e. The van der Waals surface area contributed by atoms with Crippen molar-refractivity contribution in [3.63, 3.8) is 0 Å². The molecule has 1 saturated heterocycles. The molecule has 170 valence electrons. The zero-order valence-corrected chi connectivity index (χ0v) is 18.4. The first kappa shape index (κ1) is 22.0. The molecule has 1 aromatic heterocycles. The molecule has 0 bridgehead atoms. The van der Waals surface area contributed by atoms with Gasteiger partial charge < -0.3 is 27.0 Å². The fourth-order valence-corrected chi connectivity index (χ4v) is 4.56. The Balaban J connectivity index is 1.44. The van der Waals surface area contributed by atoms with Gasteiger partial charge in [-0.25, -0.2) is 4.98 Å². The van der Waals surface area contributed by atoms with Gasteiger partial charge in [-0.15, -0.1) is 0 Å². The molecular formula is C23H31N7O2. The van der Waals surface area contributed by atoms with Gasteiger partial charge in [0, 0.05) is 43.0 Å². The highest BCUT2D eigenvalue weighted by molar-refractivity contribution is 5.98. The number of nitrogens with zero attached hydrogens (tertiary/aromatic N) is 3. The summed E-state index contributed by atoms with van der Waals surface area (Å²) < 4.78 is 0. The molecule has 2 fully saturated rings. The van der Waals surface area contributed by atoms with Crippen molar-refractivity contribution in [2.24, 2.45) is 17.4 Å². The van der Waals surface area contributed by atoms with Crippen LogP contribution in [-0.2, 0) is 4.79 Å². The molecule has 0 radical (unpaired) electrons. The van der Waals surface area contributed by atoms with Crippen molar-refractivity contribution in [1.29, 1.82) is 0 Å². The lowest BCUT2D eigenvalue weighted by atomic mass is 9.82. The zero-order valence-electron chi connectivity index (χ0n) is 18.4. The third-order valence-electron chi connectivity index (χ3n) is 6.32. The number of rotatable bonds is 6. The zero-order chi connectivity index (χ0) is 22.7. The molecule has 9 nitrogen and oxygen atoms in total. The van der Waals surface area contributed by atoms with Crippen LogP contribution in [0.3, 0.4) is 0 Å². The van der Waals surface area contributed by atoms with Gasteiger partial charge in [-0.3, -0.25) is 9.59 Å². The number of aromatic nitrogens is 2. The minimum absolute atomic E-state index is 0.0159. The van der Waals surface area contributed by atoms with Crippen LogP contribution in [0.5, 0.6) is 0 Å². The van der Waals surface area contributed by atoms with E-state index in [1.165, 1.54) is 6.20 Å². The van der Waals surface area contributed by atoms with E-state index in [0.717, 1.165) is 50.0 Å². The molecule has 4 rings (SSSR count). The van der Waals surface area contributed by atoms with Crippen molar-refractivity contribution in [3.05, 3.63) is 41.6 Å². The van der Waals surface area contributed by atoms with Gasteiger partial charge in [0.15, 0.2) is 0 Å². The number of hydrogen-bond acceptors (Lipinski definition) is 7. The Bertz CT molecular complexity index is 990. The topological polar surface area (TPSA) is 139 Å². The lowest BCUT2D eigenvalue weighted by molar-refractivity contribution is -0.135. The molecule has 2 aromatic rings. The molecule has 32 heavy (non-hydrogen) atoms. The number of anilines is 3. The van der Waals surface area contributed by atoms with Gasteiger partial charge in [0.25, 0.3) is 5.91 Å². The number of nitrogens with one attached hydrogen (secondary N) is 2. The van der Waals surface area contributed by atoms with Gasteiger partial charge in [0.2, 0.25) is 11.9 Å². The molecule has 1 aliphatic heterocycles. The second-order valence-electron chi connectivity index (χ2n) is 8.77. The summed E-state index contributed by atoms with van der Waals surface area (Å²) in [4.78, 5) is 35.3. The summed E-state index contributed by atoms with van der Waals surface area (Å²) in [5, 5.41) is 6.46. The number of benzene rings is 1. The van der Waals surface area contributed by atoms with Gasteiger partial charge in [0.1, 0.15) is 11.4 Å². The third-order valence-corrected chi connectivity index (χ3v) is 6.32. The molecular weight excluding hydrogens is 406 g/mol. The third kappa shape index (κ3) is 4.99. The molecule has 2 aliphatic rings. The van der Waals surface area contributed by atoms with Crippen molar-refractivity contribution in [3.8, 4) is 0 Å². The molecule has 6 N–H and O–H groups in total. The van der Waals surface area contributed by atoms with Crippen LogP contribution in [0.15, 0.2) is 30.5 Å². The number of hydrogen-bond donors (Lipinski definition) is 4. The van der Waals surface area contributed by atoms with Crippen LogP contribution in [0.2, 0.25) is 0 Å². The minimum Gasteiger partial charge on any atom is -0.365 e. The molecule has 1 aromatic carbocycles. The van der Waals surface area contributed by atoms with Crippen molar-refractivity contribution in [2.45, 2.75) is 51.1 Å². The van der Waals surface area contributed by atoms with Crippen molar-refractivity contribution < 1.29 is 9.59 Å². The number of carbonyl (C=O) groups is 2. The Labute approximate surface area is 188 Å². The number of carbonyl (C=O) groups excluding carboxylic acids is 2. The van der Waals surface area contributed by atoms with E-state index in [2.05, 4.69) is 20.6 Å². The first-order chi connectivity index (χ1) is 15.4. The first-order valence-electron chi connectivity index (χ1n) is 11.2. The van der Waals surface area contributed by atoms with Crippen LogP contribution in [0.25, 0.3) is 0 Å². The highest BCUT2D eigenvalue weighted by atomic mass is 16.2. The minimum atomic E-state index is -0.607. The molecule has 0 unspecified atom stereocenters. The number of likely N-dealkylation sites (tertiary alicyclic amines) is 1. The Kier molecular flexibility index (Phi) is 6.55. The van der Waals surface area contributed by atoms with Crippen LogP contribution < -0.4 is 22.1 Å². The predicted octanol–water partition coefficient (Wildman–Crippen LogP) is 2.16. The Morgan fingerprint density at radius 3 is 2.66 bits per heavy atom. The first-order valence-corrected chi connectivity index (χ1v) is 11.2. The van der Waals surface area contributed by atoms with Crippen molar-refractivity contribution in [1.82, 2.24) is 14.9 Å². The summed E-state index contributed by atoms with van der Waals surface area (Å²) in [6.07, 6.45) is 5.78.